The van der Waals surface area contributed by atoms with E-state index >= 15 is 0 Å². The number of aliphatic carboxylic acids is 1. The van der Waals surface area contributed by atoms with Gasteiger partial charge in [0.15, 0.2) is 11.6 Å². The Hall–Kier alpha value is -2.71. The van der Waals surface area contributed by atoms with Gasteiger partial charge in [0, 0.05) is 51.3 Å². The summed E-state index contributed by atoms with van der Waals surface area (Å²) >= 11 is 7.25. The summed E-state index contributed by atoms with van der Waals surface area (Å²) in [6.07, 6.45) is 3.28. The van der Waals surface area contributed by atoms with Crippen LogP contribution in [-0.4, -0.2) is 34.1 Å². The minimum absolute atomic E-state index is 0.0351. The number of hydrogen-bond donors (Lipinski definition) is 1. The first-order valence-corrected chi connectivity index (χ1v) is 14.0. The van der Waals surface area contributed by atoms with Gasteiger partial charge in [-0.05, 0) is 66.2 Å². The number of nitrogens with zero attached hydrogens (tertiary/aromatic N) is 1. The molecule has 2 aromatic carbocycles. The fourth-order valence-electron chi connectivity index (χ4n) is 5.64. The molecular weight excluding hydrogens is 602 g/mol. The third-order valence-electron chi connectivity index (χ3n) is 7.23. The van der Waals surface area contributed by atoms with E-state index in [0.717, 1.165) is 32.6 Å². The second kappa shape index (κ2) is 10.6. The van der Waals surface area contributed by atoms with Gasteiger partial charge in [0.05, 0.1) is 4.47 Å². The number of benzene rings is 2. The summed E-state index contributed by atoms with van der Waals surface area (Å²) in [4.78, 5) is 40.5. The van der Waals surface area contributed by atoms with E-state index in [1.54, 1.807) is 4.90 Å². The molecule has 1 N–H and O–H groups in total. The van der Waals surface area contributed by atoms with E-state index in [9.17, 15) is 19.5 Å². The SMILES string of the molecule is Cc1ccc(COc2c(Br)cc(Br)cc2C2C3=C(CCCC3=O)N(CC(=O)O)C3=C2C(=O)CCC3)cc1. The lowest BCUT2D eigenvalue weighted by Crippen LogP contribution is -2.41. The van der Waals surface area contributed by atoms with Crippen LogP contribution in [0.4, 0.5) is 0 Å². The van der Waals surface area contributed by atoms with Crippen molar-refractivity contribution < 1.29 is 24.2 Å². The number of ketones is 2. The van der Waals surface area contributed by atoms with Crippen LogP contribution in [0, 0.1) is 6.92 Å². The smallest absolute Gasteiger partial charge is 0.323 e. The molecule has 0 unspecified atom stereocenters. The van der Waals surface area contributed by atoms with E-state index in [1.165, 1.54) is 0 Å². The van der Waals surface area contributed by atoms with Gasteiger partial charge in [0.1, 0.15) is 18.9 Å². The van der Waals surface area contributed by atoms with Gasteiger partial charge < -0.3 is 14.7 Å². The van der Waals surface area contributed by atoms with Crippen LogP contribution in [0.15, 0.2) is 67.9 Å². The molecule has 0 bridgehead atoms. The quantitative estimate of drug-likeness (QED) is 0.388. The number of carboxylic acids is 1. The first-order valence-electron chi connectivity index (χ1n) is 12.4. The van der Waals surface area contributed by atoms with Gasteiger partial charge in [-0.25, -0.2) is 0 Å². The fourth-order valence-corrected chi connectivity index (χ4v) is 7.01. The summed E-state index contributed by atoms with van der Waals surface area (Å²) in [6.45, 7) is 2.10. The van der Waals surface area contributed by atoms with Crippen LogP contribution in [0.2, 0.25) is 0 Å². The van der Waals surface area contributed by atoms with Gasteiger partial charge in [-0.2, -0.15) is 0 Å². The summed E-state index contributed by atoms with van der Waals surface area (Å²) in [5.74, 6) is -1.08. The predicted octanol–water partition coefficient (Wildman–Crippen LogP) is 6.60. The van der Waals surface area contributed by atoms with Crippen molar-refractivity contribution in [1.29, 1.82) is 0 Å². The Bertz CT molecular complexity index is 1320. The van der Waals surface area contributed by atoms with Gasteiger partial charge in [0.25, 0.3) is 0 Å². The van der Waals surface area contributed by atoms with Crippen LogP contribution in [0.1, 0.15) is 61.1 Å². The maximum Gasteiger partial charge on any atom is 0.323 e. The monoisotopic (exact) mass is 627 g/mol. The Balaban J connectivity index is 1.68. The zero-order chi connectivity index (χ0) is 26.3. The van der Waals surface area contributed by atoms with E-state index in [2.05, 4.69) is 31.9 Å². The first-order chi connectivity index (χ1) is 17.7. The van der Waals surface area contributed by atoms with E-state index in [-0.39, 0.29) is 18.1 Å². The number of aryl methyl sites for hydroxylation is 1. The van der Waals surface area contributed by atoms with Crippen molar-refractivity contribution in [2.75, 3.05) is 6.54 Å². The third-order valence-corrected chi connectivity index (χ3v) is 8.28. The van der Waals surface area contributed by atoms with Crippen molar-refractivity contribution >= 4 is 49.4 Å². The van der Waals surface area contributed by atoms with Gasteiger partial charge in [0.2, 0.25) is 0 Å². The molecule has 6 nitrogen and oxygen atoms in total. The van der Waals surface area contributed by atoms with Crippen molar-refractivity contribution in [3.05, 3.63) is 84.6 Å². The van der Waals surface area contributed by atoms with E-state index in [0.29, 0.717) is 66.5 Å². The number of rotatable bonds is 6. The molecule has 0 saturated carbocycles. The first kappa shape index (κ1) is 25.9. The number of carboxylic acid groups (broad SMARTS) is 1. The minimum Gasteiger partial charge on any atom is -0.487 e. The van der Waals surface area contributed by atoms with Gasteiger partial charge in [-0.3, -0.25) is 14.4 Å². The van der Waals surface area contributed by atoms with Crippen LogP contribution in [0.5, 0.6) is 5.75 Å². The lowest BCUT2D eigenvalue weighted by molar-refractivity contribution is -0.138. The molecule has 0 fully saturated rings. The van der Waals surface area contributed by atoms with E-state index in [4.69, 9.17) is 4.74 Å². The summed E-state index contributed by atoms with van der Waals surface area (Å²) in [5.41, 5.74) is 5.43. The zero-order valence-corrected chi connectivity index (χ0v) is 23.7. The van der Waals surface area contributed by atoms with Crippen LogP contribution in [0.3, 0.4) is 0 Å². The number of carbonyl (C=O) groups is 3. The molecule has 0 aromatic heterocycles. The molecule has 0 saturated heterocycles. The molecule has 37 heavy (non-hydrogen) atoms. The van der Waals surface area contributed by atoms with E-state index in [1.807, 2.05) is 43.3 Å². The molecule has 0 spiro atoms. The molecule has 3 aliphatic rings. The molecular formula is C29H27Br2NO5. The Morgan fingerprint density at radius 1 is 0.973 bits per heavy atom. The highest BCUT2D eigenvalue weighted by molar-refractivity contribution is 9.11. The Labute approximate surface area is 232 Å². The topological polar surface area (TPSA) is 83.9 Å². The second-order valence-corrected chi connectivity index (χ2v) is 11.5. The normalized spacial score (nSPS) is 18.2. The molecule has 8 heteroatoms. The Morgan fingerprint density at radius 2 is 1.57 bits per heavy atom. The molecule has 0 amide bonds. The van der Waals surface area contributed by atoms with Gasteiger partial charge >= 0.3 is 5.97 Å². The van der Waals surface area contributed by atoms with Crippen LogP contribution < -0.4 is 4.74 Å². The lowest BCUT2D eigenvalue weighted by atomic mass is 9.70. The lowest BCUT2D eigenvalue weighted by Gasteiger charge is -2.43. The zero-order valence-electron chi connectivity index (χ0n) is 20.5. The van der Waals surface area contributed by atoms with Crippen LogP contribution >= 0.6 is 31.9 Å². The Kier molecular flexibility index (Phi) is 7.41. The summed E-state index contributed by atoms with van der Waals surface area (Å²) in [5, 5.41) is 9.68. The molecule has 1 aliphatic heterocycles. The molecule has 0 radical (unpaired) electrons. The third kappa shape index (κ3) is 5.06. The largest absolute Gasteiger partial charge is 0.487 e. The van der Waals surface area contributed by atoms with Gasteiger partial charge in [-0.15, -0.1) is 0 Å². The van der Waals surface area contributed by atoms with Crippen molar-refractivity contribution in [3.63, 3.8) is 0 Å². The fraction of sp³-hybridized carbons (Fsp3) is 0.345. The molecule has 192 valence electrons. The van der Waals surface area contributed by atoms with Crippen LogP contribution in [-0.2, 0) is 21.0 Å². The number of Topliss-reactive ketones (excluding diaryl/α,β-unsaturated/α-hetero) is 2. The minimum atomic E-state index is -0.986. The Morgan fingerprint density at radius 3 is 2.14 bits per heavy atom. The number of allylic oxidation sites excluding steroid dienone is 4. The van der Waals surface area contributed by atoms with Crippen molar-refractivity contribution in [2.24, 2.45) is 0 Å². The van der Waals surface area contributed by atoms with Gasteiger partial charge in [-0.1, -0.05) is 45.8 Å². The van der Waals surface area contributed by atoms with E-state index < -0.39 is 11.9 Å². The summed E-state index contributed by atoms with van der Waals surface area (Å²) in [7, 11) is 0. The second-order valence-electron chi connectivity index (χ2n) is 9.77. The molecule has 2 aromatic rings. The molecule has 5 rings (SSSR count). The number of ether oxygens (including phenoxy) is 1. The number of hydrogen-bond acceptors (Lipinski definition) is 5. The van der Waals surface area contributed by atoms with Crippen LogP contribution in [0.25, 0.3) is 0 Å². The highest BCUT2D eigenvalue weighted by Crippen LogP contribution is 2.52. The van der Waals surface area contributed by atoms with Crippen molar-refractivity contribution in [2.45, 2.75) is 58.0 Å². The summed E-state index contributed by atoms with van der Waals surface area (Å²) < 4.78 is 7.89. The maximum absolute atomic E-state index is 13.5. The average molecular weight is 629 g/mol. The molecule has 0 atom stereocenters. The highest BCUT2D eigenvalue weighted by Gasteiger charge is 2.44. The summed E-state index contributed by atoms with van der Waals surface area (Å²) in [6, 6.07) is 11.9. The number of carbonyl (C=O) groups excluding carboxylic acids is 2. The highest BCUT2D eigenvalue weighted by atomic mass is 79.9. The number of halogens is 2. The molecule has 1 heterocycles. The standard InChI is InChI=1S/C29H27Br2NO5/c1-16-8-10-17(11-9-16)15-37-29-19(12-18(30)13-20(29)31)26-27-21(4-2-6-23(27)33)32(14-25(35)36)22-5-3-7-24(34)28(22)26/h8-13,26H,2-7,14-15H2,1H3,(H,35,36). The maximum atomic E-state index is 13.5. The van der Waals surface area contributed by atoms with Crippen molar-refractivity contribution in [1.82, 2.24) is 4.90 Å². The molecule has 2 aliphatic carbocycles. The predicted molar refractivity (Wildman–Crippen MR) is 146 cm³/mol. The van der Waals surface area contributed by atoms with Crippen molar-refractivity contribution in [3.8, 4) is 5.75 Å². The average Bonchev–Trinajstić information content (AvgIpc) is 2.85.